The van der Waals surface area contributed by atoms with Gasteiger partial charge in [0, 0.05) is 26.0 Å². The maximum Gasteiger partial charge on any atom is 0.145 e. The van der Waals surface area contributed by atoms with Crippen molar-refractivity contribution in [2.24, 2.45) is 0 Å². The molecule has 1 aromatic rings. The fourth-order valence-electron chi connectivity index (χ4n) is 1.40. The lowest BCUT2D eigenvalue weighted by molar-refractivity contribution is 0.0447. The Balaban J connectivity index is 1.84. The van der Waals surface area contributed by atoms with Crippen molar-refractivity contribution in [2.75, 3.05) is 32.2 Å². The van der Waals surface area contributed by atoms with Crippen molar-refractivity contribution in [3.8, 4) is 0 Å². The summed E-state index contributed by atoms with van der Waals surface area (Å²) in [5.41, 5.74) is 5.51. The average Bonchev–Trinajstić information content (AvgIpc) is 2.73. The van der Waals surface area contributed by atoms with Crippen LogP contribution in [0.5, 0.6) is 0 Å². The number of rotatable bonds is 10. The van der Waals surface area contributed by atoms with Gasteiger partial charge in [0.05, 0.1) is 13.2 Å². The largest absolute Gasteiger partial charge is 0.382 e. The maximum atomic E-state index is 5.51. The predicted octanol–water partition coefficient (Wildman–Crippen LogP) is 1.69. The minimum Gasteiger partial charge on any atom is -0.382 e. The highest BCUT2D eigenvalue weighted by Gasteiger charge is 1.95. The number of nitrogens with zero attached hydrogens (tertiary/aromatic N) is 2. The monoisotopic (exact) mass is 241 g/mol. The molecule has 1 heterocycles. The van der Waals surface area contributed by atoms with E-state index in [1.54, 1.807) is 6.07 Å². The van der Waals surface area contributed by atoms with E-state index in [4.69, 9.17) is 15.2 Å². The highest BCUT2D eigenvalue weighted by atomic mass is 16.5. The van der Waals surface area contributed by atoms with Crippen LogP contribution in [0.3, 0.4) is 0 Å². The highest BCUT2D eigenvalue weighted by molar-refractivity contribution is 5.23. The molecule has 5 nitrogen and oxygen atoms in total. The molecule has 0 atom stereocenters. The Morgan fingerprint density at radius 3 is 2.47 bits per heavy atom. The van der Waals surface area contributed by atoms with Crippen LogP contribution in [-0.2, 0) is 16.0 Å². The summed E-state index contributed by atoms with van der Waals surface area (Å²) in [7, 11) is 0. The lowest BCUT2D eigenvalue weighted by Gasteiger charge is -2.05. The molecular weight excluding hydrogens is 218 g/mol. The first-order valence-electron chi connectivity index (χ1n) is 6.27. The molecule has 1 rings (SSSR count). The standard InChI is InChI=1S/C12H23N3O2/c1-2-3-8-16-10-11-17-9-4-6-15-7-5-12(13)14-15/h5,7H,2-4,6,8-11H2,1H3,(H2,13,14). The molecule has 1 aromatic heterocycles. The van der Waals surface area contributed by atoms with Gasteiger partial charge in [-0.15, -0.1) is 0 Å². The van der Waals surface area contributed by atoms with E-state index < -0.39 is 0 Å². The Kier molecular flexibility index (Phi) is 7.42. The van der Waals surface area contributed by atoms with E-state index >= 15 is 0 Å². The molecule has 0 saturated carbocycles. The Morgan fingerprint density at radius 2 is 1.88 bits per heavy atom. The number of aromatic nitrogens is 2. The molecule has 5 heteroatoms. The number of ether oxygens (including phenoxy) is 2. The smallest absolute Gasteiger partial charge is 0.145 e. The van der Waals surface area contributed by atoms with Crippen LogP contribution in [0.15, 0.2) is 12.3 Å². The molecule has 0 bridgehead atoms. The second-order valence-electron chi connectivity index (χ2n) is 3.94. The zero-order valence-electron chi connectivity index (χ0n) is 10.6. The topological polar surface area (TPSA) is 62.3 Å². The molecule has 0 spiro atoms. The van der Waals surface area contributed by atoms with Crippen LogP contribution in [0.4, 0.5) is 5.82 Å². The SMILES string of the molecule is CCCCOCCOCCCn1ccc(N)n1. The second kappa shape index (κ2) is 9.01. The van der Waals surface area contributed by atoms with Gasteiger partial charge in [0.1, 0.15) is 5.82 Å². The molecule has 0 saturated heterocycles. The van der Waals surface area contributed by atoms with Gasteiger partial charge in [0.2, 0.25) is 0 Å². The fourth-order valence-corrected chi connectivity index (χ4v) is 1.40. The van der Waals surface area contributed by atoms with Crippen molar-refractivity contribution in [3.05, 3.63) is 12.3 Å². The van der Waals surface area contributed by atoms with Crippen LogP contribution in [-0.4, -0.2) is 36.2 Å². The Labute approximate surface area is 103 Å². The minimum absolute atomic E-state index is 0.565. The van der Waals surface area contributed by atoms with Crippen LogP contribution >= 0.6 is 0 Å². The lowest BCUT2D eigenvalue weighted by atomic mass is 10.4. The quantitative estimate of drug-likeness (QED) is 0.633. The predicted molar refractivity (Wildman–Crippen MR) is 67.8 cm³/mol. The number of nitrogen functional groups attached to an aromatic ring is 1. The molecule has 0 unspecified atom stereocenters. The molecule has 0 aliphatic carbocycles. The Morgan fingerprint density at radius 1 is 1.18 bits per heavy atom. The van der Waals surface area contributed by atoms with Gasteiger partial charge in [-0.2, -0.15) is 5.10 Å². The van der Waals surface area contributed by atoms with E-state index in [1.165, 1.54) is 6.42 Å². The molecule has 2 N–H and O–H groups in total. The van der Waals surface area contributed by atoms with Gasteiger partial charge in [0.15, 0.2) is 0 Å². The highest BCUT2D eigenvalue weighted by Crippen LogP contribution is 1.97. The van der Waals surface area contributed by atoms with Gasteiger partial charge in [-0.05, 0) is 18.9 Å². The molecule has 98 valence electrons. The molecule has 0 aliphatic rings. The van der Waals surface area contributed by atoms with Gasteiger partial charge in [-0.25, -0.2) is 0 Å². The van der Waals surface area contributed by atoms with Gasteiger partial charge >= 0.3 is 0 Å². The molecular formula is C12H23N3O2. The molecule has 0 fully saturated rings. The van der Waals surface area contributed by atoms with Gasteiger partial charge in [-0.3, -0.25) is 4.68 Å². The summed E-state index contributed by atoms with van der Waals surface area (Å²) in [6, 6.07) is 1.79. The van der Waals surface area contributed by atoms with Gasteiger partial charge in [0.25, 0.3) is 0 Å². The van der Waals surface area contributed by atoms with E-state index in [1.807, 2.05) is 10.9 Å². The number of hydrogen-bond acceptors (Lipinski definition) is 4. The van der Waals surface area contributed by atoms with E-state index in [2.05, 4.69) is 12.0 Å². The summed E-state index contributed by atoms with van der Waals surface area (Å²) in [6.45, 7) is 5.93. The number of hydrogen-bond donors (Lipinski definition) is 1. The van der Waals surface area contributed by atoms with Crippen LogP contribution in [0.1, 0.15) is 26.2 Å². The summed E-state index contributed by atoms with van der Waals surface area (Å²) < 4.78 is 12.7. The number of nitrogens with two attached hydrogens (primary N) is 1. The van der Waals surface area contributed by atoms with Crippen LogP contribution in [0.25, 0.3) is 0 Å². The van der Waals surface area contributed by atoms with Gasteiger partial charge in [-0.1, -0.05) is 13.3 Å². The lowest BCUT2D eigenvalue weighted by Crippen LogP contribution is -2.08. The van der Waals surface area contributed by atoms with E-state index in [-0.39, 0.29) is 0 Å². The van der Waals surface area contributed by atoms with Crippen LogP contribution in [0.2, 0.25) is 0 Å². The average molecular weight is 241 g/mol. The number of anilines is 1. The summed E-state index contributed by atoms with van der Waals surface area (Å²) in [6.07, 6.45) is 5.12. The van der Waals surface area contributed by atoms with E-state index in [0.29, 0.717) is 19.0 Å². The van der Waals surface area contributed by atoms with Crippen molar-refractivity contribution in [2.45, 2.75) is 32.7 Å². The van der Waals surface area contributed by atoms with Crippen LogP contribution < -0.4 is 5.73 Å². The summed E-state index contributed by atoms with van der Waals surface area (Å²) in [5.74, 6) is 0.565. The van der Waals surface area contributed by atoms with Crippen molar-refractivity contribution < 1.29 is 9.47 Å². The Bertz CT molecular complexity index is 289. The third-order valence-electron chi connectivity index (χ3n) is 2.35. The molecule has 0 aromatic carbocycles. The van der Waals surface area contributed by atoms with Crippen molar-refractivity contribution in [1.29, 1.82) is 0 Å². The summed E-state index contributed by atoms with van der Waals surface area (Å²) in [5, 5.41) is 4.09. The first-order valence-corrected chi connectivity index (χ1v) is 6.27. The first-order chi connectivity index (χ1) is 8.33. The first kappa shape index (κ1) is 14.0. The third-order valence-corrected chi connectivity index (χ3v) is 2.35. The van der Waals surface area contributed by atoms with Crippen molar-refractivity contribution >= 4 is 5.82 Å². The third kappa shape index (κ3) is 6.97. The normalized spacial score (nSPS) is 10.9. The molecule has 17 heavy (non-hydrogen) atoms. The second-order valence-corrected chi connectivity index (χ2v) is 3.94. The van der Waals surface area contributed by atoms with Crippen LogP contribution in [0, 0.1) is 0 Å². The summed E-state index contributed by atoms with van der Waals surface area (Å²) in [4.78, 5) is 0. The maximum absolute atomic E-state index is 5.51. The molecule has 0 aliphatic heterocycles. The number of unbranched alkanes of at least 4 members (excludes halogenated alkanes) is 1. The fraction of sp³-hybridized carbons (Fsp3) is 0.750. The summed E-state index contributed by atoms with van der Waals surface area (Å²) >= 11 is 0. The van der Waals surface area contributed by atoms with Crippen molar-refractivity contribution in [1.82, 2.24) is 9.78 Å². The van der Waals surface area contributed by atoms with E-state index in [0.717, 1.165) is 32.6 Å². The zero-order chi connectivity index (χ0) is 12.3. The number of aryl methyl sites for hydroxylation is 1. The van der Waals surface area contributed by atoms with Crippen molar-refractivity contribution in [3.63, 3.8) is 0 Å². The van der Waals surface area contributed by atoms with E-state index in [9.17, 15) is 0 Å². The zero-order valence-corrected chi connectivity index (χ0v) is 10.6. The van der Waals surface area contributed by atoms with Gasteiger partial charge < -0.3 is 15.2 Å². The molecule has 0 radical (unpaired) electrons. The Hall–Kier alpha value is -1.07. The molecule has 0 amide bonds. The minimum atomic E-state index is 0.565.